The Balaban J connectivity index is 2.81. The van der Waals surface area contributed by atoms with Crippen LogP contribution in [0.4, 0.5) is 0 Å². The minimum atomic E-state index is -0.143. The van der Waals surface area contributed by atoms with E-state index in [1.165, 1.54) is 6.07 Å². The highest BCUT2D eigenvalue weighted by molar-refractivity contribution is 9.10. The predicted molar refractivity (Wildman–Crippen MR) is 72.2 cm³/mol. The van der Waals surface area contributed by atoms with Crippen LogP contribution in [0, 0.1) is 5.92 Å². The summed E-state index contributed by atoms with van der Waals surface area (Å²) in [6.45, 7) is 4.90. The third-order valence-corrected chi connectivity index (χ3v) is 3.31. The van der Waals surface area contributed by atoms with E-state index in [1.807, 2.05) is 0 Å². The minimum absolute atomic E-state index is 0.0142. The highest BCUT2D eigenvalue weighted by Gasteiger charge is 2.17. The number of hydrogen-bond acceptors (Lipinski definition) is 2. The smallest absolute Gasteiger partial charge is 0.257 e. The van der Waals surface area contributed by atoms with Gasteiger partial charge in [0.2, 0.25) is 0 Å². The van der Waals surface area contributed by atoms with Crippen LogP contribution < -0.4 is 0 Å². The molecule has 1 aromatic carbocycles. The van der Waals surface area contributed by atoms with Crippen LogP contribution in [0.5, 0.6) is 5.75 Å². The molecule has 1 amide bonds. The summed E-state index contributed by atoms with van der Waals surface area (Å²) >= 11 is 3.25. The van der Waals surface area contributed by atoms with Crippen LogP contribution in [-0.4, -0.2) is 29.5 Å². The van der Waals surface area contributed by atoms with Gasteiger partial charge in [0.1, 0.15) is 5.75 Å². The van der Waals surface area contributed by atoms with Crippen LogP contribution in [0.3, 0.4) is 0 Å². The van der Waals surface area contributed by atoms with Crippen molar-refractivity contribution in [2.45, 2.75) is 20.3 Å². The Kier molecular flexibility index (Phi) is 5.00. The van der Waals surface area contributed by atoms with Crippen molar-refractivity contribution in [2.24, 2.45) is 5.92 Å². The van der Waals surface area contributed by atoms with Crippen LogP contribution in [0.15, 0.2) is 22.7 Å². The molecule has 0 aliphatic rings. The van der Waals surface area contributed by atoms with E-state index in [0.29, 0.717) is 18.0 Å². The molecule has 0 saturated carbocycles. The van der Waals surface area contributed by atoms with Crippen molar-refractivity contribution in [2.75, 3.05) is 13.6 Å². The van der Waals surface area contributed by atoms with E-state index < -0.39 is 0 Å². The molecule has 0 aliphatic carbocycles. The van der Waals surface area contributed by atoms with Crippen molar-refractivity contribution in [3.8, 4) is 5.75 Å². The van der Waals surface area contributed by atoms with Gasteiger partial charge in [0, 0.05) is 18.1 Å². The number of carbonyl (C=O) groups is 1. The molecular formula is C13H18BrNO2. The fourth-order valence-electron chi connectivity index (χ4n) is 1.57. The Labute approximate surface area is 111 Å². The van der Waals surface area contributed by atoms with E-state index in [1.54, 1.807) is 24.1 Å². The lowest BCUT2D eigenvalue weighted by Crippen LogP contribution is -2.30. The Morgan fingerprint density at radius 3 is 2.71 bits per heavy atom. The van der Waals surface area contributed by atoms with Gasteiger partial charge in [-0.3, -0.25) is 4.79 Å². The molecule has 0 aliphatic heterocycles. The molecule has 0 fully saturated rings. The predicted octanol–water partition coefficient (Wildman–Crippen LogP) is 3.27. The van der Waals surface area contributed by atoms with Gasteiger partial charge in [-0.1, -0.05) is 36.2 Å². The average Bonchev–Trinajstić information content (AvgIpc) is 2.28. The summed E-state index contributed by atoms with van der Waals surface area (Å²) in [4.78, 5) is 13.7. The molecule has 0 aromatic heterocycles. The standard InChI is InChI=1S/C13H18BrNO2/c1-4-9(2)8-15(3)13(17)11-6-5-10(14)7-12(11)16/h5-7,9,16H,4,8H2,1-3H3. The zero-order valence-corrected chi connectivity index (χ0v) is 12.0. The van der Waals surface area contributed by atoms with Crippen LogP contribution in [0.2, 0.25) is 0 Å². The third-order valence-electron chi connectivity index (χ3n) is 2.82. The van der Waals surface area contributed by atoms with Crippen molar-refractivity contribution in [3.63, 3.8) is 0 Å². The van der Waals surface area contributed by atoms with Gasteiger partial charge in [0.25, 0.3) is 5.91 Å². The second kappa shape index (κ2) is 6.05. The number of hydrogen-bond donors (Lipinski definition) is 1. The minimum Gasteiger partial charge on any atom is -0.507 e. The number of benzene rings is 1. The van der Waals surface area contributed by atoms with Gasteiger partial charge in [-0.05, 0) is 24.1 Å². The number of halogens is 1. The fourth-order valence-corrected chi connectivity index (χ4v) is 1.92. The normalized spacial score (nSPS) is 12.2. The Morgan fingerprint density at radius 1 is 1.53 bits per heavy atom. The maximum atomic E-state index is 12.1. The number of phenols is 1. The largest absolute Gasteiger partial charge is 0.507 e. The summed E-state index contributed by atoms with van der Waals surface area (Å²) < 4.78 is 0.760. The number of phenolic OH excluding ortho intramolecular Hbond substituents is 1. The first kappa shape index (κ1) is 14.0. The third kappa shape index (κ3) is 3.73. The van der Waals surface area contributed by atoms with E-state index in [4.69, 9.17) is 0 Å². The molecule has 1 rings (SSSR count). The molecule has 3 nitrogen and oxygen atoms in total. The van der Waals surface area contributed by atoms with Gasteiger partial charge in [0.15, 0.2) is 0 Å². The van der Waals surface area contributed by atoms with Gasteiger partial charge in [-0.25, -0.2) is 0 Å². The molecule has 0 spiro atoms. The maximum absolute atomic E-state index is 12.1. The zero-order valence-electron chi connectivity index (χ0n) is 10.4. The number of nitrogens with zero attached hydrogens (tertiary/aromatic N) is 1. The maximum Gasteiger partial charge on any atom is 0.257 e. The number of aromatic hydroxyl groups is 1. The summed E-state index contributed by atoms with van der Waals surface area (Å²) in [5.74, 6) is 0.331. The first-order chi connectivity index (χ1) is 7.95. The summed E-state index contributed by atoms with van der Waals surface area (Å²) in [6.07, 6.45) is 1.03. The van der Waals surface area contributed by atoms with Gasteiger partial charge in [0.05, 0.1) is 5.56 Å². The van der Waals surface area contributed by atoms with Crippen LogP contribution in [-0.2, 0) is 0 Å². The molecule has 1 atom stereocenters. The lowest BCUT2D eigenvalue weighted by molar-refractivity contribution is 0.0772. The van der Waals surface area contributed by atoms with Crippen LogP contribution >= 0.6 is 15.9 Å². The van der Waals surface area contributed by atoms with E-state index in [-0.39, 0.29) is 11.7 Å². The molecule has 1 N–H and O–H groups in total. The topological polar surface area (TPSA) is 40.5 Å². The molecule has 17 heavy (non-hydrogen) atoms. The Bertz CT molecular complexity index is 406. The number of amides is 1. The summed E-state index contributed by atoms with van der Waals surface area (Å²) in [5, 5.41) is 9.72. The van der Waals surface area contributed by atoms with Crippen molar-refractivity contribution < 1.29 is 9.90 Å². The lowest BCUT2D eigenvalue weighted by Gasteiger charge is -2.21. The highest BCUT2D eigenvalue weighted by Crippen LogP contribution is 2.23. The van der Waals surface area contributed by atoms with Crippen molar-refractivity contribution in [3.05, 3.63) is 28.2 Å². The Morgan fingerprint density at radius 2 is 2.18 bits per heavy atom. The first-order valence-electron chi connectivity index (χ1n) is 5.69. The van der Waals surface area contributed by atoms with Gasteiger partial charge < -0.3 is 10.0 Å². The zero-order chi connectivity index (χ0) is 13.0. The van der Waals surface area contributed by atoms with E-state index in [0.717, 1.165) is 10.9 Å². The van der Waals surface area contributed by atoms with E-state index in [2.05, 4.69) is 29.8 Å². The summed E-state index contributed by atoms with van der Waals surface area (Å²) in [5.41, 5.74) is 0.346. The van der Waals surface area contributed by atoms with Crippen LogP contribution in [0.1, 0.15) is 30.6 Å². The molecule has 0 bridgehead atoms. The molecule has 1 unspecified atom stereocenters. The molecule has 0 heterocycles. The molecule has 1 aromatic rings. The van der Waals surface area contributed by atoms with Crippen molar-refractivity contribution >= 4 is 21.8 Å². The van der Waals surface area contributed by atoms with Gasteiger partial charge in [-0.15, -0.1) is 0 Å². The van der Waals surface area contributed by atoms with Gasteiger partial charge in [-0.2, -0.15) is 0 Å². The summed E-state index contributed by atoms with van der Waals surface area (Å²) in [7, 11) is 1.76. The lowest BCUT2D eigenvalue weighted by atomic mass is 10.1. The summed E-state index contributed by atoms with van der Waals surface area (Å²) in [6, 6.07) is 4.92. The molecule has 0 radical (unpaired) electrons. The fraction of sp³-hybridized carbons (Fsp3) is 0.462. The molecular weight excluding hydrogens is 282 g/mol. The highest BCUT2D eigenvalue weighted by atomic mass is 79.9. The van der Waals surface area contributed by atoms with Gasteiger partial charge >= 0.3 is 0 Å². The Hall–Kier alpha value is -1.03. The van der Waals surface area contributed by atoms with Crippen molar-refractivity contribution in [1.29, 1.82) is 0 Å². The van der Waals surface area contributed by atoms with Crippen molar-refractivity contribution in [1.82, 2.24) is 4.90 Å². The van der Waals surface area contributed by atoms with Crippen LogP contribution in [0.25, 0.3) is 0 Å². The molecule has 4 heteroatoms. The molecule has 94 valence electrons. The second-order valence-electron chi connectivity index (χ2n) is 4.36. The first-order valence-corrected chi connectivity index (χ1v) is 6.49. The SMILES string of the molecule is CCC(C)CN(C)C(=O)c1ccc(Br)cc1O. The quantitative estimate of drug-likeness (QED) is 0.927. The number of carbonyl (C=O) groups excluding carboxylic acids is 1. The van der Waals surface area contributed by atoms with E-state index >= 15 is 0 Å². The number of rotatable bonds is 4. The van der Waals surface area contributed by atoms with E-state index in [9.17, 15) is 9.90 Å². The second-order valence-corrected chi connectivity index (χ2v) is 5.28. The average molecular weight is 300 g/mol. The monoisotopic (exact) mass is 299 g/mol. The molecule has 0 saturated heterocycles.